The third kappa shape index (κ3) is 5.50. The maximum absolute atomic E-state index is 13.3. The summed E-state index contributed by atoms with van der Waals surface area (Å²) in [6.07, 6.45) is 3.73. The second-order valence-electron chi connectivity index (χ2n) is 9.47. The lowest BCUT2D eigenvalue weighted by atomic mass is 9.94. The van der Waals surface area contributed by atoms with Gasteiger partial charge in [-0.1, -0.05) is 34.1 Å². The number of thiocarbonyl (C=S) groups is 1. The van der Waals surface area contributed by atoms with E-state index < -0.39 is 0 Å². The fourth-order valence-corrected chi connectivity index (χ4v) is 4.87. The summed E-state index contributed by atoms with van der Waals surface area (Å²) in [4.78, 5) is 17.7. The first-order valence-corrected chi connectivity index (χ1v) is 12.0. The van der Waals surface area contributed by atoms with Gasteiger partial charge in [0, 0.05) is 38.2 Å². The molecule has 1 aromatic carbocycles. The molecule has 31 heavy (non-hydrogen) atoms. The Morgan fingerprint density at radius 2 is 1.90 bits per heavy atom. The van der Waals surface area contributed by atoms with E-state index in [1.54, 1.807) is 7.11 Å². The molecule has 1 aromatic rings. The number of amides is 1. The molecule has 6 nitrogen and oxygen atoms in total. The normalized spacial score (nSPS) is 21.6. The van der Waals surface area contributed by atoms with Crippen LogP contribution >= 0.6 is 12.2 Å². The molecule has 2 saturated heterocycles. The summed E-state index contributed by atoms with van der Waals surface area (Å²) in [5.41, 5.74) is 0.711. The van der Waals surface area contributed by atoms with E-state index in [0.717, 1.165) is 61.9 Å². The third-order valence-electron chi connectivity index (χ3n) is 6.64. The van der Waals surface area contributed by atoms with E-state index in [-0.39, 0.29) is 17.6 Å². The summed E-state index contributed by atoms with van der Waals surface area (Å²) < 4.78 is 5.22. The molecule has 0 unspecified atom stereocenters. The number of anilines is 1. The second kappa shape index (κ2) is 10.2. The van der Waals surface area contributed by atoms with Crippen LogP contribution in [0.1, 0.15) is 53.4 Å². The van der Waals surface area contributed by atoms with Crippen LogP contribution in [0.15, 0.2) is 24.3 Å². The van der Waals surface area contributed by atoms with Crippen LogP contribution in [0.3, 0.4) is 0 Å². The Kier molecular flexibility index (Phi) is 7.81. The van der Waals surface area contributed by atoms with Gasteiger partial charge in [-0.25, -0.2) is 0 Å². The van der Waals surface area contributed by atoms with Crippen molar-refractivity contribution in [1.82, 2.24) is 15.1 Å². The average Bonchev–Trinajstić information content (AvgIpc) is 2.99. The second-order valence-corrected chi connectivity index (χ2v) is 9.85. The molecule has 2 atom stereocenters. The van der Waals surface area contributed by atoms with Crippen LogP contribution in [0.2, 0.25) is 0 Å². The molecule has 0 aliphatic carbocycles. The lowest BCUT2D eigenvalue weighted by molar-refractivity contribution is -0.134. The number of methoxy groups -OCH3 is 1. The number of rotatable bonds is 7. The Morgan fingerprint density at radius 3 is 2.45 bits per heavy atom. The molecule has 1 amide bonds. The van der Waals surface area contributed by atoms with E-state index in [0.29, 0.717) is 11.8 Å². The van der Waals surface area contributed by atoms with Crippen molar-refractivity contribution in [2.24, 2.45) is 11.8 Å². The molecule has 0 saturated carbocycles. The first-order chi connectivity index (χ1) is 14.8. The monoisotopic (exact) mass is 446 g/mol. The highest BCUT2D eigenvalue weighted by Crippen LogP contribution is 2.35. The zero-order valence-corrected chi connectivity index (χ0v) is 20.4. The number of benzene rings is 1. The van der Waals surface area contributed by atoms with Crippen molar-refractivity contribution in [3.05, 3.63) is 24.3 Å². The molecule has 2 aliphatic heterocycles. The van der Waals surface area contributed by atoms with Gasteiger partial charge in [0.15, 0.2) is 5.11 Å². The fourth-order valence-electron chi connectivity index (χ4n) is 4.57. The smallest absolute Gasteiger partial charge is 0.241 e. The summed E-state index contributed by atoms with van der Waals surface area (Å²) in [6, 6.07) is 7.72. The van der Waals surface area contributed by atoms with Gasteiger partial charge in [-0.3, -0.25) is 10.1 Å². The Bertz CT molecular complexity index is 759. The van der Waals surface area contributed by atoms with Gasteiger partial charge in [-0.05, 0) is 54.7 Å². The van der Waals surface area contributed by atoms with E-state index >= 15 is 0 Å². The number of nitrogens with one attached hydrogen (secondary N) is 2. The van der Waals surface area contributed by atoms with Crippen LogP contribution in [-0.4, -0.2) is 59.3 Å². The van der Waals surface area contributed by atoms with Crippen LogP contribution in [0.5, 0.6) is 5.75 Å². The molecule has 2 N–H and O–H groups in total. The van der Waals surface area contributed by atoms with Gasteiger partial charge in [-0.15, -0.1) is 0 Å². The maximum atomic E-state index is 13.3. The molecule has 0 bridgehead atoms. The summed E-state index contributed by atoms with van der Waals surface area (Å²) in [6.45, 7) is 11.3. The van der Waals surface area contributed by atoms with Crippen molar-refractivity contribution < 1.29 is 9.53 Å². The molecular weight excluding hydrogens is 408 g/mol. The molecular formula is C24H38N4O2S. The van der Waals surface area contributed by atoms with Crippen LogP contribution in [0.4, 0.5) is 5.69 Å². The summed E-state index contributed by atoms with van der Waals surface area (Å²) in [7, 11) is 1.66. The average molecular weight is 447 g/mol. The Labute approximate surface area is 192 Å². The van der Waals surface area contributed by atoms with E-state index in [9.17, 15) is 4.79 Å². The van der Waals surface area contributed by atoms with Crippen molar-refractivity contribution in [3.8, 4) is 5.75 Å². The number of nitrogens with zero attached hydrogens (tertiary/aromatic N) is 2. The molecule has 7 heteroatoms. The Balaban J connectivity index is 1.66. The quantitative estimate of drug-likeness (QED) is 0.616. The predicted octanol–water partition coefficient (Wildman–Crippen LogP) is 4.08. The first kappa shape index (κ1) is 23.8. The maximum Gasteiger partial charge on any atom is 0.241 e. The van der Waals surface area contributed by atoms with Crippen LogP contribution in [-0.2, 0) is 4.79 Å². The molecule has 1 spiro atoms. The Morgan fingerprint density at radius 1 is 1.26 bits per heavy atom. The van der Waals surface area contributed by atoms with Gasteiger partial charge >= 0.3 is 0 Å². The van der Waals surface area contributed by atoms with Gasteiger partial charge in [0.2, 0.25) is 5.91 Å². The predicted molar refractivity (Wildman–Crippen MR) is 130 cm³/mol. The SMILES string of the molecule is CC[C@H](C)CN1C(=O)[C@H](CC(C)C)NC12CCN(C(=S)Nc1ccc(OC)cc1)CC2. The fraction of sp³-hybridized carbons (Fsp3) is 0.667. The highest BCUT2D eigenvalue weighted by atomic mass is 32.1. The number of piperidine rings is 1. The molecule has 2 heterocycles. The van der Waals surface area contributed by atoms with Crippen molar-refractivity contribution in [3.63, 3.8) is 0 Å². The van der Waals surface area contributed by atoms with Crippen molar-refractivity contribution >= 4 is 28.9 Å². The molecule has 172 valence electrons. The van der Waals surface area contributed by atoms with Gasteiger partial charge in [0.1, 0.15) is 5.75 Å². The van der Waals surface area contributed by atoms with Crippen molar-refractivity contribution in [2.75, 3.05) is 32.1 Å². The molecule has 2 aliphatic rings. The van der Waals surface area contributed by atoms with Gasteiger partial charge in [-0.2, -0.15) is 0 Å². The third-order valence-corrected chi connectivity index (χ3v) is 7.00. The highest BCUT2D eigenvalue weighted by molar-refractivity contribution is 7.80. The number of hydrogen-bond donors (Lipinski definition) is 2. The van der Waals surface area contributed by atoms with Gasteiger partial charge < -0.3 is 19.9 Å². The lowest BCUT2D eigenvalue weighted by Crippen LogP contribution is -2.60. The van der Waals surface area contributed by atoms with Crippen LogP contribution in [0, 0.1) is 11.8 Å². The number of carbonyl (C=O) groups excluding carboxylic acids is 1. The van der Waals surface area contributed by atoms with Crippen LogP contribution < -0.4 is 15.4 Å². The highest BCUT2D eigenvalue weighted by Gasteiger charge is 2.51. The zero-order valence-electron chi connectivity index (χ0n) is 19.6. The Hall–Kier alpha value is -1.86. The summed E-state index contributed by atoms with van der Waals surface area (Å²) >= 11 is 5.68. The zero-order chi connectivity index (χ0) is 22.6. The number of likely N-dealkylation sites (tertiary alicyclic amines) is 1. The molecule has 3 rings (SSSR count). The number of hydrogen-bond acceptors (Lipinski definition) is 4. The standard InChI is InChI=1S/C24H38N4O2S/c1-6-18(4)16-28-22(29)21(15-17(2)3)26-24(28)11-13-27(14-12-24)23(31)25-19-7-9-20(30-5)10-8-19/h7-10,17-18,21,26H,6,11-16H2,1-5H3,(H,25,31)/t18-,21-/m0/s1. The van der Waals surface area contributed by atoms with Gasteiger partial charge in [0.05, 0.1) is 18.8 Å². The topological polar surface area (TPSA) is 56.8 Å². The summed E-state index contributed by atoms with van der Waals surface area (Å²) in [5.74, 6) is 2.09. The first-order valence-electron chi connectivity index (χ1n) is 11.6. The van der Waals surface area contributed by atoms with E-state index in [2.05, 4.69) is 48.1 Å². The largest absolute Gasteiger partial charge is 0.497 e. The number of ether oxygens (including phenoxy) is 1. The van der Waals surface area contributed by atoms with Crippen LogP contribution in [0.25, 0.3) is 0 Å². The minimum atomic E-state index is -0.244. The lowest BCUT2D eigenvalue weighted by Gasteiger charge is -2.46. The van der Waals surface area contributed by atoms with E-state index in [1.807, 2.05) is 24.3 Å². The molecule has 0 radical (unpaired) electrons. The van der Waals surface area contributed by atoms with Crippen molar-refractivity contribution in [2.45, 2.75) is 65.1 Å². The minimum absolute atomic E-state index is 0.0695. The van der Waals surface area contributed by atoms with Crippen molar-refractivity contribution in [1.29, 1.82) is 0 Å². The number of carbonyl (C=O) groups is 1. The minimum Gasteiger partial charge on any atom is -0.497 e. The van der Waals surface area contributed by atoms with Gasteiger partial charge in [0.25, 0.3) is 0 Å². The van der Waals surface area contributed by atoms with E-state index in [4.69, 9.17) is 17.0 Å². The van der Waals surface area contributed by atoms with E-state index in [1.165, 1.54) is 0 Å². The molecule has 2 fully saturated rings. The summed E-state index contributed by atoms with van der Waals surface area (Å²) in [5, 5.41) is 7.83. The molecule has 0 aromatic heterocycles.